The first-order valence-electron chi connectivity index (χ1n) is 9.89. The molecule has 0 saturated carbocycles. The lowest BCUT2D eigenvalue weighted by Crippen LogP contribution is -2.12. The van der Waals surface area contributed by atoms with Crippen molar-refractivity contribution in [2.45, 2.75) is 12.8 Å². The highest BCUT2D eigenvalue weighted by Crippen LogP contribution is 2.22. The van der Waals surface area contributed by atoms with Crippen molar-refractivity contribution in [1.82, 2.24) is 4.98 Å². The SMILES string of the molecule is O=c1[nH]c2ccc(C#CCc3ccc4sccc4c3)cc2cc1Cc1ccccc1. The molecule has 3 heteroatoms. The number of benzene rings is 3. The molecule has 0 fully saturated rings. The maximum absolute atomic E-state index is 12.4. The van der Waals surface area contributed by atoms with Gasteiger partial charge in [-0.15, -0.1) is 11.3 Å². The normalized spacial score (nSPS) is 10.8. The van der Waals surface area contributed by atoms with Crippen molar-refractivity contribution in [1.29, 1.82) is 0 Å². The van der Waals surface area contributed by atoms with Gasteiger partial charge in [-0.2, -0.15) is 0 Å². The molecule has 30 heavy (non-hydrogen) atoms. The Labute approximate surface area is 178 Å². The van der Waals surface area contributed by atoms with Crippen LogP contribution in [-0.4, -0.2) is 4.98 Å². The van der Waals surface area contributed by atoms with E-state index in [1.54, 1.807) is 11.3 Å². The number of aromatic nitrogens is 1. The van der Waals surface area contributed by atoms with E-state index < -0.39 is 0 Å². The Hall–Kier alpha value is -3.61. The number of rotatable bonds is 3. The number of fused-ring (bicyclic) bond motifs is 2. The fourth-order valence-corrected chi connectivity index (χ4v) is 4.42. The molecule has 3 aromatic carbocycles. The molecule has 0 atom stereocenters. The zero-order valence-corrected chi connectivity index (χ0v) is 17.1. The molecule has 2 nitrogen and oxygen atoms in total. The topological polar surface area (TPSA) is 32.9 Å². The van der Waals surface area contributed by atoms with Crippen molar-refractivity contribution in [2.24, 2.45) is 0 Å². The number of hydrogen-bond donors (Lipinski definition) is 1. The first-order chi connectivity index (χ1) is 14.7. The molecule has 144 valence electrons. The van der Waals surface area contributed by atoms with E-state index in [9.17, 15) is 4.79 Å². The second-order valence-corrected chi connectivity index (χ2v) is 8.31. The number of H-pyrrole nitrogens is 1. The summed E-state index contributed by atoms with van der Waals surface area (Å²) in [6, 6.07) is 26.7. The van der Waals surface area contributed by atoms with Crippen LogP contribution in [0.5, 0.6) is 0 Å². The zero-order chi connectivity index (χ0) is 20.3. The second kappa shape index (κ2) is 8.02. The summed E-state index contributed by atoms with van der Waals surface area (Å²) in [6.45, 7) is 0. The highest BCUT2D eigenvalue weighted by molar-refractivity contribution is 7.17. The van der Waals surface area contributed by atoms with Gasteiger partial charge in [0.25, 0.3) is 5.56 Å². The first kappa shape index (κ1) is 18.4. The molecule has 0 aliphatic carbocycles. The van der Waals surface area contributed by atoms with E-state index in [1.165, 1.54) is 15.6 Å². The molecule has 5 aromatic rings. The Bertz CT molecular complexity index is 1470. The van der Waals surface area contributed by atoms with Crippen LogP contribution in [0.3, 0.4) is 0 Å². The van der Waals surface area contributed by atoms with Gasteiger partial charge in [0.2, 0.25) is 0 Å². The van der Waals surface area contributed by atoms with Crippen LogP contribution < -0.4 is 5.56 Å². The predicted molar refractivity (Wildman–Crippen MR) is 126 cm³/mol. The molecule has 2 heterocycles. The molecule has 0 radical (unpaired) electrons. The molecule has 0 amide bonds. The molecule has 0 bridgehead atoms. The van der Waals surface area contributed by atoms with Gasteiger partial charge in [0.15, 0.2) is 0 Å². The second-order valence-electron chi connectivity index (χ2n) is 7.36. The summed E-state index contributed by atoms with van der Waals surface area (Å²) >= 11 is 1.76. The average molecular weight is 406 g/mol. The molecular formula is C27H19NOS. The summed E-state index contributed by atoms with van der Waals surface area (Å²) < 4.78 is 1.31. The number of nitrogens with one attached hydrogen (secondary N) is 1. The monoisotopic (exact) mass is 405 g/mol. The van der Waals surface area contributed by atoms with Crippen LogP contribution in [0, 0.1) is 11.8 Å². The average Bonchev–Trinajstić information content (AvgIpc) is 3.23. The van der Waals surface area contributed by atoms with Crippen molar-refractivity contribution < 1.29 is 0 Å². The Balaban J connectivity index is 1.40. The Morgan fingerprint density at radius 2 is 1.73 bits per heavy atom. The quantitative estimate of drug-likeness (QED) is 0.371. The fourth-order valence-electron chi connectivity index (χ4n) is 3.65. The Morgan fingerprint density at radius 1 is 0.833 bits per heavy atom. The summed E-state index contributed by atoms with van der Waals surface area (Å²) in [5.41, 5.74) is 4.88. The maximum Gasteiger partial charge on any atom is 0.251 e. The van der Waals surface area contributed by atoms with Crippen molar-refractivity contribution in [3.63, 3.8) is 0 Å². The van der Waals surface area contributed by atoms with Crippen LogP contribution in [0.15, 0.2) is 89.0 Å². The first-order valence-corrected chi connectivity index (χ1v) is 10.8. The number of pyridine rings is 1. The van der Waals surface area contributed by atoms with Crippen LogP contribution in [0.4, 0.5) is 0 Å². The Morgan fingerprint density at radius 3 is 2.63 bits per heavy atom. The Kier molecular flexibility index (Phi) is 4.93. The van der Waals surface area contributed by atoms with E-state index in [0.717, 1.165) is 27.6 Å². The van der Waals surface area contributed by atoms with Gasteiger partial charge in [-0.3, -0.25) is 4.79 Å². The van der Waals surface area contributed by atoms with Crippen LogP contribution in [0.2, 0.25) is 0 Å². The fraction of sp³-hybridized carbons (Fsp3) is 0.0741. The van der Waals surface area contributed by atoms with Crippen LogP contribution >= 0.6 is 11.3 Å². The minimum absolute atomic E-state index is 0.0333. The highest BCUT2D eigenvalue weighted by Gasteiger charge is 2.05. The number of hydrogen-bond acceptors (Lipinski definition) is 2. The summed E-state index contributed by atoms with van der Waals surface area (Å²) in [4.78, 5) is 15.4. The molecule has 5 rings (SSSR count). The molecule has 0 aliphatic rings. The van der Waals surface area contributed by atoms with E-state index in [0.29, 0.717) is 12.8 Å². The summed E-state index contributed by atoms with van der Waals surface area (Å²) in [6.07, 6.45) is 1.34. The maximum atomic E-state index is 12.4. The molecule has 0 unspecified atom stereocenters. The van der Waals surface area contributed by atoms with Crippen LogP contribution in [0.1, 0.15) is 22.3 Å². The highest BCUT2D eigenvalue weighted by atomic mass is 32.1. The summed E-state index contributed by atoms with van der Waals surface area (Å²) in [5.74, 6) is 6.56. The third kappa shape index (κ3) is 3.91. The van der Waals surface area contributed by atoms with Crippen molar-refractivity contribution in [2.75, 3.05) is 0 Å². The largest absolute Gasteiger partial charge is 0.322 e. The third-order valence-electron chi connectivity index (χ3n) is 5.20. The molecule has 0 saturated heterocycles. The molecular weight excluding hydrogens is 386 g/mol. The van der Waals surface area contributed by atoms with E-state index in [-0.39, 0.29) is 5.56 Å². The molecule has 2 aromatic heterocycles. The smallest absolute Gasteiger partial charge is 0.251 e. The van der Waals surface area contributed by atoms with E-state index in [1.807, 2.05) is 48.5 Å². The summed E-state index contributed by atoms with van der Waals surface area (Å²) in [7, 11) is 0. The minimum atomic E-state index is -0.0333. The lowest BCUT2D eigenvalue weighted by molar-refractivity contribution is 1.12. The van der Waals surface area contributed by atoms with Gasteiger partial charge in [0, 0.05) is 34.2 Å². The van der Waals surface area contributed by atoms with Gasteiger partial charge >= 0.3 is 0 Å². The lowest BCUT2D eigenvalue weighted by Gasteiger charge is -2.04. The van der Waals surface area contributed by atoms with Crippen molar-refractivity contribution in [3.05, 3.63) is 117 Å². The third-order valence-corrected chi connectivity index (χ3v) is 6.10. The van der Waals surface area contributed by atoms with E-state index in [2.05, 4.69) is 52.5 Å². The van der Waals surface area contributed by atoms with Gasteiger partial charge < -0.3 is 4.98 Å². The molecule has 0 spiro atoms. The van der Waals surface area contributed by atoms with E-state index in [4.69, 9.17) is 0 Å². The lowest BCUT2D eigenvalue weighted by atomic mass is 10.0. The molecule has 1 N–H and O–H groups in total. The summed E-state index contributed by atoms with van der Waals surface area (Å²) in [5, 5.41) is 4.40. The van der Waals surface area contributed by atoms with Gasteiger partial charge in [0.05, 0.1) is 0 Å². The molecule has 0 aliphatic heterocycles. The van der Waals surface area contributed by atoms with Gasteiger partial charge in [-0.05, 0) is 69.7 Å². The van der Waals surface area contributed by atoms with Gasteiger partial charge in [0.1, 0.15) is 0 Å². The van der Waals surface area contributed by atoms with Gasteiger partial charge in [-0.1, -0.05) is 48.2 Å². The van der Waals surface area contributed by atoms with Crippen LogP contribution in [-0.2, 0) is 12.8 Å². The van der Waals surface area contributed by atoms with E-state index >= 15 is 0 Å². The number of aromatic amines is 1. The minimum Gasteiger partial charge on any atom is -0.322 e. The van der Waals surface area contributed by atoms with Crippen molar-refractivity contribution >= 4 is 32.3 Å². The standard InChI is InChI=1S/C27H19NOS/c29-27-24(17-19-5-2-1-3-6-19)18-23-16-20(9-11-25(23)28-27)7-4-8-21-10-12-26-22(15-21)13-14-30-26/h1-3,5-6,9-16,18H,8,17H2,(H,28,29). The van der Waals surface area contributed by atoms with Crippen molar-refractivity contribution in [3.8, 4) is 11.8 Å². The predicted octanol–water partition coefficient (Wildman–Crippen LogP) is 5.93. The zero-order valence-electron chi connectivity index (χ0n) is 16.3. The van der Waals surface area contributed by atoms with Crippen LogP contribution in [0.25, 0.3) is 21.0 Å². The van der Waals surface area contributed by atoms with Gasteiger partial charge in [-0.25, -0.2) is 0 Å². The number of thiophene rings is 1.